The lowest BCUT2D eigenvalue weighted by Gasteiger charge is -2.24. The fraction of sp³-hybridized carbons (Fsp3) is 0.231. The van der Waals surface area contributed by atoms with E-state index >= 15 is 0 Å². The number of methoxy groups -OCH3 is 1. The number of nitrogens with one attached hydrogen (secondary N) is 3. The number of amidine groups is 1. The second kappa shape index (κ2) is 7.96. The lowest BCUT2D eigenvalue weighted by molar-refractivity contribution is 0.0745. The van der Waals surface area contributed by atoms with Gasteiger partial charge < -0.3 is 14.2 Å². The van der Waals surface area contributed by atoms with E-state index in [1.807, 2.05) is 0 Å². The molecule has 1 aliphatic rings. The fourth-order valence-electron chi connectivity index (χ4n) is 1.74. The van der Waals surface area contributed by atoms with Gasteiger partial charge in [-0.15, -0.1) is 0 Å². The molecule has 2 rings (SSSR count). The minimum Gasteiger partial charge on any atom is -0.331 e. The van der Waals surface area contributed by atoms with Gasteiger partial charge in [0.1, 0.15) is 5.84 Å². The first-order chi connectivity index (χ1) is 12.1. The number of guanidine groups is 1. The molecule has 0 fully saturated rings. The van der Waals surface area contributed by atoms with E-state index in [-0.39, 0.29) is 11.5 Å². The molecule has 1 aliphatic heterocycles. The van der Waals surface area contributed by atoms with Crippen molar-refractivity contribution in [2.75, 3.05) is 7.11 Å². The Bertz CT molecular complexity index is 872. The van der Waals surface area contributed by atoms with Gasteiger partial charge in [0.05, 0.1) is 5.56 Å². The van der Waals surface area contributed by atoms with E-state index in [1.54, 1.807) is 35.6 Å². The third-order valence-corrected chi connectivity index (χ3v) is 4.49. The van der Waals surface area contributed by atoms with Crippen molar-refractivity contribution in [3.05, 3.63) is 35.9 Å². The molecule has 0 bridgehead atoms. The van der Waals surface area contributed by atoms with Gasteiger partial charge in [0.2, 0.25) is 5.96 Å². The predicted octanol–water partition coefficient (Wildman–Crippen LogP) is 0.458. The first kappa shape index (κ1) is 20.1. The molecule has 1 unspecified atom stereocenters. The quantitative estimate of drug-likeness (QED) is 0.312. The van der Waals surface area contributed by atoms with E-state index in [4.69, 9.17) is 4.74 Å². The van der Waals surface area contributed by atoms with Crippen molar-refractivity contribution < 1.29 is 26.9 Å². The molecule has 0 saturated heterocycles. The molecule has 0 radical (unpaired) electrons. The Balaban J connectivity index is 1.99. The number of hydrogen-bond acceptors (Lipinski definition) is 9. The van der Waals surface area contributed by atoms with Crippen molar-refractivity contribution in [2.45, 2.75) is 10.8 Å². The number of amides is 2. The zero-order valence-electron chi connectivity index (χ0n) is 13.5. The number of alkyl halides is 1. The molecule has 0 spiro atoms. The van der Waals surface area contributed by atoms with Gasteiger partial charge in [0.15, 0.2) is 0 Å². The van der Waals surface area contributed by atoms with E-state index in [9.17, 15) is 18.0 Å². The third-order valence-electron chi connectivity index (χ3n) is 2.76. The molecule has 1 aromatic rings. The summed E-state index contributed by atoms with van der Waals surface area (Å²) >= 11 is 1.79. The summed E-state index contributed by atoms with van der Waals surface area (Å²) in [6, 6.07) is 6.25. The number of carbonyl (C=O) groups is 2. The number of aliphatic imine (C=N–C) groups is 2. The van der Waals surface area contributed by atoms with Crippen LogP contribution in [-0.2, 0) is 19.2 Å². The number of nitrogens with zero attached hydrogens (tertiary/aromatic N) is 2. The minimum atomic E-state index is -4.68. The normalized spacial score (nSPS) is 19.5. The van der Waals surface area contributed by atoms with Crippen molar-refractivity contribution in [3.8, 4) is 0 Å². The highest BCUT2D eigenvalue weighted by Gasteiger charge is 2.30. The number of urea groups is 1. The minimum absolute atomic E-state index is 0.0123. The van der Waals surface area contributed by atoms with Gasteiger partial charge in [-0.3, -0.25) is 5.32 Å². The monoisotopic (exact) mass is 495 g/mol. The molecule has 140 valence electrons. The van der Waals surface area contributed by atoms with Gasteiger partial charge in [0, 0.05) is 29.7 Å². The topological polar surface area (TPSA) is 148 Å². The van der Waals surface area contributed by atoms with Crippen LogP contribution in [-0.4, -0.2) is 43.2 Å². The molecule has 0 aromatic heterocycles. The van der Waals surface area contributed by atoms with Crippen molar-refractivity contribution >= 4 is 56.7 Å². The molecule has 26 heavy (non-hydrogen) atoms. The summed E-state index contributed by atoms with van der Waals surface area (Å²) in [6.07, 6.45) is 0. The number of benzene rings is 1. The molecule has 1 aromatic carbocycles. The Morgan fingerprint density at radius 1 is 1.23 bits per heavy atom. The van der Waals surface area contributed by atoms with Gasteiger partial charge >= 0.3 is 26.2 Å². The van der Waals surface area contributed by atoms with Crippen LogP contribution in [0, 0.1) is 0 Å². The van der Waals surface area contributed by atoms with Gasteiger partial charge in [-0.05, 0) is 19.1 Å². The third kappa shape index (κ3) is 5.63. The van der Waals surface area contributed by atoms with Gasteiger partial charge in [0.25, 0.3) is 0 Å². The van der Waals surface area contributed by atoms with Crippen LogP contribution in [0.5, 0.6) is 0 Å². The molecule has 2 amide bonds. The summed E-state index contributed by atoms with van der Waals surface area (Å²) in [5.41, 5.74) is 0.0123. The average molecular weight is 495 g/mol. The van der Waals surface area contributed by atoms with E-state index < -0.39 is 26.2 Å². The van der Waals surface area contributed by atoms with Gasteiger partial charge in [-0.1, -0.05) is 18.2 Å². The summed E-state index contributed by atoms with van der Waals surface area (Å²) in [4.78, 5) is 31.6. The maximum absolute atomic E-state index is 11.9. The maximum Gasteiger partial charge on any atom is 0.413 e. The largest absolute Gasteiger partial charge is 0.413 e. The summed E-state index contributed by atoms with van der Waals surface area (Å²) in [5.74, 6) is -0.853. The van der Waals surface area contributed by atoms with Crippen molar-refractivity contribution in [2.24, 2.45) is 9.98 Å². The number of halogens is 1. The van der Waals surface area contributed by atoms with Crippen LogP contribution in [0.2, 0.25) is 0 Å². The fourth-order valence-corrected chi connectivity index (χ4v) is 2.96. The molecular weight excluding hydrogens is 481 g/mol. The van der Waals surface area contributed by atoms with Gasteiger partial charge in [-0.25, -0.2) is 19.3 Å². The first-order valence-corrected chi connectivity index (χ1v) is 9.41. The van der Waals surface area contributed by atoms with Crippen molar-refractivity contribution in [1.29, 1.82) is 0 Å². The average Bonchev–Trinajstić information content (AvgIpc) is 2.53. The van der Waals surface area contributed by atoms with Crippen LogP contribution < -0.4 is 15.4 Å². The molecular formula is C13H14IN5O6S. The van der Waals surface area contributed by atoms with Crippen molar-refractivity contribution in [1.82, 2.24) is 15.4 Å². The predicted molar refractivity (Wildman–Crippen MR) is 99.9 cm³/mol. The highest BCUT2D eigenvalue weighted by atomic mass is 127. The second-order valence-electron chi connectivity index (χ2n) is 4.76. The smallest absolute Gasteiger partial charge is 0.331 e. The number of rotatable bonds is 4. The number of carbonyl (C=O) groups excluding carboxylic acids is 2. The molecule has 1 atom stereocenters. The summed E-state index contributed by atoms with van der Waals surface area (Å²) in [7, 11) is -3.32. The first-order valence-electron chi connectivity index (χ1n) is 6.92. The van der Waals surface area contributed by atoms with E-state index in [1.165, 1.54) is 36.1 Å². The van der Waals surface area contributed by atoms with Gasteiger partial charge in [-0.2, -0.15) is 13.4 Å². The van der Waals surface area contributed by atoms with Crippen LogP contribution in [0.4, 0.5) is 4.79 Å². The Kier molecular flexibility index (Phi) is 6.14. The number of hydrogen-bond donors (Lipinski definition) is 3. The lowest BCUT2D eigenvalue weighted by atomic mass is 10.2. The lowest BCUT2D eigenvalue weighted by Crippen LogP contribution is -2.52. The number of ether oxygens (including phenoxy) is 1. The Labute approximate surface area is 162 Å². The summed E-state index contributed by atoms with van der Waals surface area (Å²) in [5, 5.41) is 4.79. The van der Waals surface area contributed by atoms with Crippen LogP contribution >= 0.6 is 22.6 Å². The molecule has 1 heterocycles. The highest BCUT2D eigenvalue weighted by Crippen LogP contribution is 2.25. The zero-order valence-corrected chi connectivity index (χ0v) is 16.5. The van der Waals surface area contributed by atoms with Crippen LogP contribution in [0.15, 0.2) is 40.3 Å². The molecule has 13 heteroatoms. The standard InChI is InChI=1S/C13H14IN5O6S/c1-8-15-11(18-13(14,17-8)24-2)16-12(21)19-26(22,23)25-10(20)9-6-4-3-5-7-9/h3-7H,1-2H3,(H3,15,16,17,18,19,21). The van der Waals surface area contributed by atoms with Crippen LogP contribution in [0.3, 0.4) is 0 Å². The summed E-state index contributed by atoms with van der Waals surface area (Å²) in [6.45, 7) is 1.60. The molecule has 0 aliphatic carbocycles. The van der Waals surface area contributed by atoms with E-state index in [0.717, 1.165) is 0 Å². The Hall–Kier alpha value is -2.26. The maximum atomic E-state index is 11.9. The SMILES string of the molecule is COC1(I)N=C(C)NC(NC(=O)NS(=O)(=O)OC(=O)c2ccccc2)=N1. The molecule has 11 nitrogen and oxygen atoms in total. The van der Waals surface area contributed by atoms with Crippen molar-refractivity contribution in [3.63, 3.8) is 0 Å². The zero-order chi connectivity index (χ0) is 19.4. The Morgan fingerprint density at radius 2 is 1.88 bits per heavy atom. The molecule has 0 saturated carbocycles. The van der Waals surface area contributed by atoms with Crippen LogP contribution in [0.1, 0.15) is 17.3 Å². The van der Waals surface area contributed by atoms with E-state index in [0.29, 0.717) is 5.84 Å². The second-order valence-corrected chi connectivity index (χ2v) is 7.45. The molecule has 3 N–H and O–H groups in total. The van der Waals surface area contributed by atoms with Crippen LogP contribution in [0.25, 0.3) is 0 Å². The highest BCUT2D eigenvalue weighted by molar-refractivity contribution is 14.1. The van der Waals surface area contributed by atoms with E-state index in [2.05, 4.69) is 24.8 Å². The summed E-state index contributed by atoms with van der Waals surface area (Å²) < 4.78 is 33.2. The Morgan fingerprint density at radius 3 is 2.50 bits per heavy atom.